The predicted molar refractivity (Wildman–Crippen MR) is 232 cm³/mol. The summed E-state index contributed by atoms with van der Waals surface area (Å²) >= 11 is 0. The largest absolute Gasteiger partial charge is 0.488 e. The van der Waals surface area contributed by atoms with Gasteiger partial charge >= 0.3 is 6.09 Å². The SMILES string of the molecule is COC(=O)N[C@H](C(=O)N1CCC[C@H]1c1ncc(-c2ccc3c(c2)COc2cc4c(ccc5nc(C6C[C@H](C)CN6C(=O)[C@H](NC(O)OC)c6ccccc6)[nH]c54)cc2-3)[nH]1)C(C)C. The number of aromatic amines is 2. The number of nitrogens with one attached hydrogen (secondary N) is 4. The van der Waals surface area contributed by atoms with Crippen molar-refractivity contribution in [2.75, 3.05) is 27.3 Å². The molecule has 0 spiro atoms. The fourth-order valence-electron chi connectivity index (χ4n) is 9.36. The standard InChI is InChI=1S/C47H52N8O7/c1-25(2)39(52-46(58)60-4)44(56)54-17-9-12-36(54)42-48-22-35(50-42)29-13-15-31-30(19-29)24-62-38-21-32-28(20-33(31)38)14-16-34-41(32)51-43(49-34)37-18-26(3)23-55(37)45(57)40(53-47(59)61-5)27-10-7-6-8-11-27/h6-8,10-11,13-16,19-22,25-26,36-37,39-40,47,53,59H,9,12,17-18,23-24H2,1-5H3,(H,48,50)(H,49,51)(H,52,58)/t26-,36-,37?,39-,40+,47?/m0/s1. The zero-order valence-corrected chi connectivity index (χ0v) is 35.5. The van der Waals surface area contributed by atoms with Crippen LogP contribution in [-0.4, -0.2) is 92.5 Å². The summed E-state index contributed by atoms with van der Waals surface area (Å²) in [4.78, 5) is 60.5. The van der Waals surface area contributed by atoms with Crippen molar-refractivity contribution in [2.45, 2.75) is 77.2 Å². The van der Waals surface area contributed by atoms with E-state index in [0.717, 1.165) is 80.3 Å². The molecule has 62 heavy (non-hydrogen) atoms. The van der Waals surface area contributed by atoms with Gasteiger partial charge in [0, 0.05) is 31.1 Å². The van der Waals surface area contributed by atoms with E-state index in [2.05, 4.69) is 63.9 Å². The Balaban J connectivity index is 0.966. The molecule has 6 aromatic rings. The number of benzene rings is 4. The van der Waals surface area contributed by atoms with Crippen molar-refractivity contribution in [3.05, 3.63) is 102 Å². The highest BCUT2D eigenvalue weighted by Gasteiger charge is 2.40. The van der Waals surface area contributed by atoms with Gasteiger partial charge in [-0.1, -0.05) is 69.3 Å². The second kappa shape index (κ2) is 16.9. The molecule has 0 bridgehead atoms. The van der Waals surface area contributed by atoms with Crippen molar-refractivity contribution in [1.82, 2.24) is 40.4 Å². The summed E-state index contributed by atoms with van der Waals surface area (Å²) in [6.07, 6.45) is 2.21. The van der Waals surface area contributed by atoms with Crippen LogP contribution in [0.3, 0.4) is 0 Å². The van der Waals surface area contributed by atoms with Crippen LogP contribution in [0.2, 0.25) is 0 Å². The summed E-state index contributed by atoms with van der Waals surface area (Å²) in [5.41, 5.74) is 7.33. The van der Waals surface area contributed by atoms with Gasteiger partial charge in [0.1, 0.15) is 36.1 Å². The molecule has 3 amide bonds. The first-order valence-electron chi connectivity index (χ1n) is 21.3. The molecule has 2 saturated heterocycles. The van der Waals surface area contributed by atoms with E-state index in [1.165, 1.54) is 14.2 Å². The molecule has 5 heterocycles. The third-order valence-electron chi connectivity index (χ3n) is 12.5. The van der Waals surface area contributed by atoms with Crippen molar-refractivity contribution in [3.8, 4) is 28.1 Å². The van der Waals surface area contributed by atoms with Gasteiger partial charge < -0.3 is 44.4 Å². The minimum absolute atomic E-state index is 0.118. The fraction of sp³-hybridized carbons (Fsp3) is 0.383. The van der Waals surface area contributed by atoms with E-state index in [1.54, 1.807) is 0 Å². The maximum atomic E-state index is 14.3. The van der Waals surface area contributed by atoms with Gasteiger partial charge in [-0.05, 0) is 83.0 Å². The molecule has 0 radical (unpaired) electrons. The van der Waals surface area contributed by atoms with Gasteiger partial charge in [0.15, 0.2) is 0 Å². The number of H-pyrrole nitrogens is 2. The highest BCUT2D eigenvalue weighted by molar-refractivity contribution is 6.07. The predicted octanol–water partition coefficient (Wildman–Crippen LogP) is 6.87. The lowest BCUT2D eigenvalue weighted by atomic mass is 9.92. The van der Waals surface area contributed by atoms with Crippen molar-refractivity contribution >= 4 is 39.7 Å². The highest BCUT2D eigenvalue weighted by atomic mass is 16.6. The van der Waals surface area contributed by atoms with Crippen molar-refractivity contribution in [2.24, 2.45) is 11.8 Å². The Kier molecular flexibility index (Phi) is 11.2. The minimum atomic E-state index is -1.32. The summed E-state index contributed by atoms with van der Waals surface area (Å²) in [5.74, 6) is 2.01. The fourth-order valence-corrected chi connectivity index (χ4v) is 9.36. The summed E-state index contributed by atoms with van der Waals surface area (Å²) in [6, 6.07) is 22.0. The number of carbonyl (C=O) groups excluding carboxylic acids is 3. The molecule has 6 atom stereocenters. The van der Waals surface area contributed by atoms with Crippen LogP contribution >= 0.6 is 0 Å². The molecule has 9 rings (SSSR count). The lowest BCUT2D eigenvalue weighted by Gasteiger charge is -2.30. The highest BCUT2D eigenvalue weighted by Crippen LogP contribution is 2.44. The molecule has 15 heteroatoms. The van der Waals surface area contributed by atoms with Crippen molar-refractivity contribution in [3.63, 3.8) is 0 Å². The van der Waals surface area contributed by atoms with Crippen LogP contribution in [0.4, 0.5) is 4.79 Å². The summed E-state index contributed by atoms with van der Waals surface area (Å²) < 4.78 is 16.3. The number of fused-ring (bicyclic) bond motifs is 6. The summed E-state index contributed by atoms with van der Waals surface area (Å²) in [7, 11) is 2.67. The quantitative estimate of drug-likeness (QED) is 0.0862. The number of hydrogen-bond acceptors (Lipinski definition) is 10. The minimum Gasteiger partial charge on any atom is -0.488 e. The number of likely N-dealkylation sites (tertiary alicyclic amines) is 2. The second-order valence-electron chi connectivity index (χ2n) is 17.0. The molecule has 2 unspecified atom stereocenters. The number of methoxy groups -OCH3 is 2. The molecule has 2 fully saturated rings. The summed E-state index contributed by atoms with van der Waals surface area (Å²) in [5, 5.41) is 18.0. The van der Waals surface area contributed by atoms with Gasteiger partial charge in [0.25, 0.3) is 0 Å². The molecule has 3 aliphatic heterocycles. The number of amides is 3. The average molecular weight is 841 g/mol. The van der Waals surface area contributed by atoms with Crippen LogP contribution in [-0.2, 0) is 25.7 Å². The van der Waals surface area contributed by atoms with E-state index in [1.807, 2.05) is 66.2 Å². The number of carbonyl (C=O) groups is 3. The topological polar surface area (TPSA) is 187 Å². The molecule has 0 saturated carbocycles. The Morgan fingerprint density at radius 1 is 0.935 bits per heavy atom. The first-order chi connectivity index (χ1) is 30.0. The van der Waals surface area contributed by atoms with E-state index >= 15 is 0 Å². The normalized spacial score (nSPS) is 19.9. The van der Waals surface area contributed by atoms with Gasteiger partial charge in [-0.2, -0.15) is 0 Å². The molecule has 5 N–H and O–H groups in total. The van der Waals surface area contributed by atoms with E-state index < -0.39 is 24.6 Å². The van der Waals surface area contributed by atoms with Crippen LogP contribution in [0.5, 0.6) is 5.75 Å². The van der Waals surface area contributed by atoms with Gasteiger partial charge in [0.05, 0.1) is 42.1 Å². The zero-order chi connectivity index (χ0) is 43.2. The Morgan fingerprint density at radius 3 is 2.53 bits per heavy atom. The van der Waals surface area contributed by atoms with Crippen LogP contribution < -0.4 is 15.4 Å². The van der Waals surface area contributed by atoms with E-state index in [4.69, 9.17) is 24.2 Å². The number of aliphatic hydroxyl groups excluding tert-OH is 1. The van der Waals surface area contributed by atoms with Crippen LogP contribution in [0, 0.1) is 11.8 Å². The van der Waals surface area contributed by atoms with Crippen LogP contribution in [0.1, 0.15) is 80.9 Å². The van der Waals surface area contributed by atoms with Gasteiger partial charge in [0.2, 0.25) is 18.2 Å². The molecular weight excluding hydrogens is 789 g/mol. The van der Waals surface area contributed by atoms with E-state index in [0.29, 0.717) is 31.3 Å². The number of nitrogens with zero attached hydrogens (tertiary/aromatic N) is 4. The van der Waals surface area contributed by atoms with Crippen LogP contribution in [0.15, 0.2) is 79.0 Å². The van der Waals surface area contributed by atoms with Crippen molar-refractivity contribution in [1.29, 1.82) is 0 Å². The van der Waals surface area contributed by atoms with E-state index in [-0.39, 0.29) is 35.7 Å². The number of aliphatic hydroxyl groups is 1. The molecule has 0 aliphatic carbocycles. The Labute approximate surface area is 359 Å². The Morgan fingerprint density at radius 2 is 1.76 bits per heavy atom. The molecule has 2 aromatic heterocycles. The summed E-state index contributed by atoms with van der Waals surface area (Å²) in [6.45, 7) is 7.45. The lowest BCUT2D eigenvalue weighted by Crippen LogP contribution is -2.51. The number of aromatic nitrogens is 4. The maximum absolute atomic E-state index is 14.3. The van der Waals surface area contributed by atoms with E-state index in [9.17, 15) is 19.5 Å². The lowest BCUT2D eigenvalue weighted by molar-refractivity contribution is -0.143. The first-order valence-corrected chi connectivity index (χ1v) is 21.3. The van der Waals surface area contributed by atoms with Gasteiger partial charge in [-0.25, -0.2) is 14.8 Å². The molecule has 15 nitrogen and oxygen atoms in total. The Hall–Kier alpha value is -6.29. The molecular formula is C47H52N8O7. The Bertz CT molecular complexity index is 2640. The zero-order valence-electron chi connectivity index (χ0n) is 35.5. The molecule has 322 valence electrons. The third-order valence-corrected chi connectivity index (χ3v) is 12.5. The first kappa shape index (κ1) is 41.1. The number of alkyl carbamates (subject to hydrolysis) is 1. The molecule has 3 aliphatic rings. The number of rotatable bonds is 11. The smallest absolute Gasteiger partial charge is 0.407 e. The monoisotopic (exact) mass is 840 g/mol. The van der Waals surface area contributed by atoms with Gasteiger partial charge in [-0.15, -0.1) is 0 Å². The van der Waals surface area contributed by atoms with Gasteiger partial charge in [-0.3, -0.25) is 14.9 Å². The number of hydrogen-bond donors (Lipinski definition) is 5. The number of imidazole rings is 2. The number of ether oxygens (including phenoxy) is 3. The second-order valence-corrected chi connectivity index (χ2v) is 17.0. The maximum Gasteiger partial charge on any atom is 0.407 e. The third kappa shape index (κ3) is 7.65. The molecule has 4 aromatic carbocycles. The van der Waals surface area contributed by atoms with Crippen LogP contribution in [0.25, 0.3) is 44.2 Å². The van der Waals surface area contributed by atoms with Crippen molar-refractivity contribution < 1.29 is 33.7 Å². The average Bonchev–Trinajstić information content (AvgIpc) is 4.12.